The summed E-state index contributed by atoms with van der Waals surface area (Å²) < 4.78 is 17.2. The molecule has 11 heteroatoms. The Hall–Kier alpha value is -3.51. The van der Waals surface area contributed by atoms with E-state index in [9.17, 15) is 4.79 Å². The molecule has 0 aliphatic carbocycles. The van der Waals surface area contributed by atoms with Gasteiger partial charge in [-0.15, -0.1) is 11.3 Å². The highest BCUT2D eigenvalue weighted by molar-refractivity contribution is 7.16. The standard InChI is InChI=1S/C32H43N5O5S/c1-23(2)28(38)22-34-32-35-30(29(43-32)14-15-37-16-20-40-21-17-37)24-6-10-26(11-7-24)41-18-4-3-5-19-42-27-12-8-25(9-13-27)31(33)36-39/h6-13,23,39H,3-5,14-22H2,1-2H3,(H2,33,36)(H,34,35). The van der Waals surface area contributed by atoms with Crippen molar-refractivity contribution in [1.29, 1.82) is 5.41 Å². The zero-order valence-corrected chi connectivity index (χ0v) is 25.9. The van der Waals surface area contributed by atoms with Gasteiger partial charge in [-0.05, 0) is 74.2 Å². The molecule has 2 aromatic carbocycles. The van der Waals surface area contributed by atoms with Crippen LogP contribution in [-0.2, 0) is 16.0 Å². The van der Waals surface area contributed by atoms with Crippen LogP contribution in [-0.4, -0.2) is 79.3 Å². The number of aromatic nitrogens is 1. The highest BCUT2D eigenvalue weighted by Crippen LogP contribution is 2.33. The van der Waals surface area contributed by atoms with Gasteiger partial charge in [0, 0.05) is 41.6 Å². The van der Waals surface area contributed by atoms with Gasteiger partial charge in [0.1, 0.15) is 17.3 Å². The maximum Gasteiger partial charge on any atom is 0.183 e. The number of thiazole rings is 1. The summed E-state index contributed by atoms with van der Waals surface area (Å²) in [6, 6.07) is 15.1. The summed E-state index contributed by atoms with van der Waals surface area (Å²) in [6.45, 7) is 9.77. The van der Waals surface area contributed by atoms with Crippen LogP contribution in [0.25, 0.3) is 11.3 Å². The molecule has 10 nitrogen and oxygen atoms in total. The number of nitrogens with one attached hydrogen (secondary N) is 3. The monoisotopic (exact) mass is 609 g/mol. The molecule has 1 fully saturated rings. The Balaban J connectivity index is 1.23. The predicted molar refractivity (Wildman–Crippen MR) is 170 cm³/mol. The molecule has 0 bridgehead atoms. The van der Waals surface area contributed by atoms with Crippen molar-refractivity contribution < 1.29 is 24.2 Å². The van der Waals surface area contributed by atoms with E-state index in [4.69, 9.17) is 29.8 Å². The molecule has 2 heterocycles. The van der Waals surface area contributed by atoms with Crippen LogP contribution >= 0.6 is 11.3 Å². The lowest BCUT2D eigenvalue weighted by Crippen LogP contribution is -2.37. The van der Waals surface area contributed by atoms with Gasteiger partial charge in [-0.1, -0.05) is 13.8 Å². The topological polar surface area (TPSA) is 129 Å². The number of hydrogen-bond donors (Lipinski definition) is 4. The summed E-state index contributed by atoms with van der Waals surface area (Å²) in [5.41, 5.74) is 4.43. The van der Waals surface area contributed by atoms with E-state index in [0.29, 0.717) is 18.8 Å². The molecule has 0 radical (unpaired) electrons. The first-order valence-electron chi connectivity index (χ1n) is 14.9. The van der Waals surface area contributed by atoms with Gasteiger partial charge in [0.25, 0.3) is 0 Å². The number of benzene rings is 2. The molecule has 1 saturated heterocycles. The molecule has 0 amide bonds. The number of amidine groups is 1. The van der Waals surface area contributed by atoms with E-state index in [-0.39, 0.29) is 24.1 Å². The number of anilines is 1. The molecule has 3 aromatic rings. The summed E-state index contributed by atoms with van der Waals surface area (Å²) in [7, 11) is 0. The maximum absolute atomic E-state index is 12.2. The molecular weight excluding hydrogens is 566 g/mol. The number of carbonyl (C=O) groups is 1. The van der Waals surface area contributed by atoms with E-state index >= 15 is 0 Å². The molecule has 1 aliphatic rings. The highest BCUT2D eigenvalue weighted by atomic mass is 32.1. The molecule has 0 atom stereocenters. The fourth-order valence-electron chi connectivity index (χ4n) is 4.53. The summed E-state index contributed by atoms with van der Waals surface area (Å²) in [5.74, 6) is 1.68. The van der Waals surface area contributed by atoms with Gasteiger partial charge in [0.15, 0.2) is 10.9 Å². The Bertz CT molecular complexity index is 1290. The minimum atomic E-state index is -0.0498. The van der Waals surface area contributed by atoms with Crippen molar-refractivity contribution in [2.75, 3.05) is 57.9 Å². The Morgan fingerprint density at radius 1 is 1.02 bits per heavy atom. The third kappa shape index (κ3) is 10.3. The normalized spacial score (nSPS) is 13.6. The average molecular weight is 610 g/mol. The molecule has 4 rings (SSSR count). The minimum Gasteiger partial charge on any atom is -0.494 e. The van der Waals surface area contributed by atoms with Gasteiger partial charge in [-0.2, -0.15) is 0 Å². The van der Waals surface area contributed by atoms with Crippen LogP contribution in [0.3, 0.4) is 0 Å². The van der Waals surface area contributed by atoms with E-state index in [1.807, 2.05) is 31.5 Å². The van der Waals surface area contributed by atoms with Crippen LogP contribution in [0.5, 0.6) is 11.5 Å². The number of unbranched alkanes of at least 4 members (excludes halogenated alkanes) is 2. The van der Waals surface area contributed by atoms with Crippen molar-refractivity contribution in [2.45, 2.75) is 39.5 Å². The van der Waals surface area contributed by atoms with E-state index in [0.717, 1.165) is 86.4 Å². The first-order valence-corrected chi connectivity index (χ1v) is 15.8. The largest absolute Gasteiger partial charge is 0.494 e. The van der Waals surface area contributed by atoms with Crippen LogP contribution in [0.2, 0.25) is 0 Å². The third-order valence-electron chi connectivity index (χ3n) is 7.22. The molecule has 0 spiro atoms. The first kappa shape index (κ1) is 32.4. The number of carbonyl (C=O) groups excluding carboxylic acids is 1. The number of ketones is 1. The van der Waals surface area contributed by atoms with Gasteiger partial charge in [0.05, 0.1) is 38.7 Å². The molecule has 43 heavy (non-hydrogen) atoms. The van der Waals surface area contributed by atoms with Crippen molar-refractivity contribution in [3.63, 3.8) is 0 Å². The lowest BCUT2D eigenvalue weighted by Gasteiger charge is -2.26. The smallest absolute Gasteiger partial charge is 0.183 e. The second-order valence-corrected chi connectivity index (χ2v) is 11.8. The second-order valence-electron chi connectivity index (χ2n) is 10.8. The van der Waals surface area contributed by atoms with Gasteiger partial charge >= 0.3 is 0 Å². The van der Waals surface area contributed by atoms with Crippen LogP contribution in [0.1, 0.15) is 43.6 Å². The zero-order valence-electron chi connectivity index (χ0n) is 25.1. The van der Waals surface area contributed by atoms with Crippen molar-refractivity contribution >= 4 is 28.1 Å². The number of nitrogens with zero attached hydrogens (tertiary/aromatic N) is 2. The average Bonchev–Trinajstić information content (AvgIpc) is 3.45. The van der Waals surface area contributed by atoms with E-state index in [2.05, 4.69) is 22.3 Å². The summed E-state index contributed by atoms with van der Waals surface area (Å²) in [4.78, 5) is 20.7. The molecule has 1 aromatic heterocycles. The van der Waals surface area contributed by atoms with Crippen molar-refractivity contribution in [3.05, 3.63) is 59.0 Å². The number of hydrogen-bond acceptors (Lipinski definition) is 10. The van der Waals surface area contributed by atoms with E-state index in [1.54, 1.807) is 35.6 Å². The lowest BCUT2D eigenvalue weighted by atomic mass is 10.1. The third-order valence-corrected chi connectivity index (χ3v) is 8.30. The molecule has 4 N–H and O–H groups in total. The van der Waals surface area contributed by atoms with Gasteiger partial charge < -0.3 is 19.5 Å². The fraction of sp³-hybridized carbons (Fsp3) is 0.469. The van der Waals surface area contributed by atoms with Crippen molar-refractivity contribution in [1.82, 2.24) is 15.4 Å². The predicted octanol–water partition coefficient (Wildman–Crippen LogP) is 5.25. The highest BCUT2D eigenvalue weighted by Gasteiger charge is 2.17. The van der Waals surface area contributed by atoms with Gasteiger partial charge in [-0.3, -0.25) is 25.8 Å². The SMILES string of the molecule is CC(C)C(=O)CNc1nc(-c2ccc(OCCCCCOc3ccc(C(=N)NO)cc3)cc2)c(CCN2CCOCC2)s1. The van der Waals surface area contributed by atoms with Crippen molar-refractivity contribution in [3.8, 4) is 22.8 Å². The minimum absolute atomic E-state index is 0.00849. The Morgan fingerprint density at radius 3 is 2.26 bits per heavy atom. The Labute approximate surface area is 257 Å². The van der Waals surface area contributed by atoms with E-state index < -0.39 is 0 Å². The van der Waals surface area contributed by atoms with Crippen LogP contribution in [0.15, 0.2) is 48.5 Å². The quantitative estimate of drug-likeness (QED) is 0.0702. The zero-order chi connectivity index (χ0) is 30.4. The number of Topliss-reactive ketones (excluding diaryl/α,β-unsaturated/α-hetero) is 1. The summed E-state index contributed by atoms with van der Waals surface area (Å²) in [6.07, 6.45) is 3.71. The molecule has 0 unspecified atom stereocenters. The molecular formula is C32H43N5O5S. The fourth-order valence-corrected chi connectivity index (χ4v) is 5.49. The molecule has 0 saturated carbocycles. The molecule has 232 valence electrons. The Morgan fingerprint density at radius 2 is 1.65 bits per heavy atom. The molecule has 1 aliphatic heterocycles. The maximum atomic E-state index is 12.2. The summed E-state index contributed by atoms with van der Waals surface area (Å²) >= 11 is 1.63. The van der Waals surface area contributed by atoms with Crippen LogP contribution in [0.4, 0.5) is 5.13 Å². The Kier molecular flexibility index (Phi) is 12.8. The van der Waals surface area contributed by atoms with Crippen LogP contribution < -0.4 is 20.3 Å². The van der Waals surface area contributed by atoms with Crippen LogP contribution in [0, 0.1) is 11.3 Å². The van der Waals surface area contributed by atoms with Gasteiger partial charge in [-0.25, -0.2) is 4.98 Å². The van der Waals surface area contributed by atoms with Crippen molar-refractivity contribution in [2.24, 2.45) is 5.92 Å². The van der Waals surface area contributed by atoms with Gasteiger partial charge in [0.2, 0.25) is 0 Å². The number of ether oxygens (including phenoxy) is 3. The second kappa shape index (κ2) is 17.0. The van der Waals surface area contributed by atoms with E-state index in [1.165, 1.54) is 4.88 Å². The lowest BCUT2D eigenvalue weighted by molar-refractivity contribution is -0.120. The number of morpholine rings is 1. The number of rotatable bonds is 17. The number of hydroxylamine groups is 1. The summed E-state index contributed by atoms with van der Waals surface area (Å²) in [5, 5.41) is 20.4. The first-order chi connectivity index (χ1) is 20.9.